The van der Waals surface area contributed by atoms with Crippen LogP contribution in [0.5, 0.6) is 0 Å². The van der Waals surface area contributed by atoms with E-state index in [1.165, 1.54) is 0 Å². The molecule has 0 unspecified atom stereocenters. The summed E-state index contributed by atoms with van der Waals surface area (Å²) in [4.78, 5) is 14.1. The number of benzene rings is 1. The molecule has 0 aliphatic heterocycles. The fourth-order valence-electron chi connectivity index (χ4n) is 2.13. The molecule has 0 bridgehead atoms. The first-order valence-electron chi connectivity index (χ1n) is 5.65. The number of nitrogens with one attached hydrogen (secondary N) is 1. The van der Waals surface area contributed by atoms with Gasteiger partial charge in [0, 0.05) is 17.1 Å². The number of aromatic amines is 1. The summed E-state index contributed by atoms with van der Waals surface area (Å²) >= 11 is 0. The van der Waals surface area contributed by atoms with E-state index >= 15 is 0 Å². The average molecular weight is 237 g/mol. The lowest BCUT2D eigenvalue weighted by molar-refractivity contribution is -0.132. The van der Waals surface area contributed by atoms with Crippen molar-refractivity contribution in [3.8, 4) is 0 Å². The van der Waals surface area contributed by atoms with E-state index in [1.54, 1.807) is 18.2 Å². The number of fused-ring (bicyclic) bond motifs is 3. The fraction of sp³-hybridized carbons (Fsp3) is 0. The first-order chi connectivity index (χ1) is 8.75. The van der Waals surface area contributed by atoms with Crippen LogP contribution in [-0.4, -0.2) is 16.1 Å². The Bertz CT molecular complexity index is 717. The molecule has 18 heavy (non-hydrogen) atoms. The molecule has 1 aromatic heterocycles. The second-order valence-electron chi connectivity index (χ2n) is 4.13. The molecule has 3 heteroatoms. The van der Waals surface area contributed by atoms with Gasteiger partial charge >= 0.3 is 5.97 Å². The molecular formula is C15H11NO2. The third kappa shape index (κ3) is 1.66. The Morgan fingerprint density at radius 2 is 2.00 bits per heavy atom. The minimum Gasteiger partial charge on any atom is -0.478 e. The summed E-state index contributed by atoms with van der Waals surface area (Å²) in [7, 11) is 0. The first-order valence-corrected chi connectivity index (χ1v) is 5.65. The summed E-state index contributed by atoms with van der Waals surface area (Å²) in [5.41, 5.74) is 3.45. The zero-order valence-electron chi connectivity index (χ0n) is 9.55. The lowest BCUT2D eigenvalue weighted by atomic mass is 9.99. The molecule has 1 heterocycles. The molecule has 2 N–H and O–H groups in total. The van der Waals surface area contributed by atoms with Crippen LogP contribution in [-0.2, 0) is 4.79 Å². The maximum Gasteiger partial charge on any atom is 0.335 e. The Morgan fingerprint density at radius 1 is 1.11 bits per heavy atom. The highest BCUT2D eigenvalue weighted by Gasteiger charge is 2.07. The third-order valence-corrected chi connectivity index (χ3v) is 3.04. The fourth-order valence-corrected chi connectivity index (χ4v) is 2.13. The molecule has 0 saturated carbocycles. The summed E-state index contributed by atoms with van der Waals surface area (Å²) in [5.74, 6) is -0.916. The van der Waals surface area contributed by atoms with Crippen LogP contribution in [0.3, 0.4) is 0 Å². The van der Waals surface area contributed by atoms with Crippen LogP contribution in [0.4, 0.5) is 0 Å². The second kappa shape index (κ2) is 4.04. The first kappa shape index (κ1) is 10.6. The second-order valence-corrected chi connectivity index (χ2v) is 4.13. The Hall–Kier alpha value is -2.55. The van der Waals surface area contributed by atoms with E-state index in [1.807, 2.05) is 36.5 Å². The number of carboxylic acids is 1. The van der Waals surface area contributed by atoms with Crippen molar-refractivity contribution in [1.29, 1.82) is 0 Å². The zero-order chi connectivity index (χ0) is 12.5. The smallest absolute Gasteiger partial charge is 0.335 e. The van der Waals surface area contributed by atoms with Gasteiger partial charge in [-0.3, -0.25) is 0 Å². The van der Waals surface area contributed by atoms with Gasteiger partial charge in [0.1, 0.15) is 0 Å². The highest BCUT2D eigenvalue weighted by molar-refractivity contribution is 5.97. The van der Waals surface area contributed by atoms with E-state index in [4.69, 9.17) is 5.11 Å². The monoisotopic (exact) mass is 237 g/mol. The number of hydrogen-bond donors (Lipinski definition) is 2. The lowest BCUT2D eigenvalue weighted by Gasteiger charge is -2.05. The molecule has 0 radical (unpaired) electrons. The Labute approximate surface area is 104 Å². The summed E-state index contributed by atoms with van der Waals surface area (Å²) in [6.07, 6.45) is 10.7. The molecule has 1 aromatic carbocycles. The SMILES string of the molecule is O=C(O)C1=CC=Cc2ccc3[nH]ccc3c2C=C1. The van der Waals surface area contributed by atoms with E-state index in [0.717, 1.165) is 22.0 Å². The van der Waals surface area contributed by atoms with Gasteiger partial charge in [-0.1, -0.05) is 24.3 Å². The molecule has 0 saturated heterocycles. The van der Waals surface area contributed by atoms with Gasteiger partial charge in [0.2, 0.25) is 0 Å². The van der Waals surface area contributed by atoms with Gasteiger partial charge in [0.25, 0.3) is 0 Å². The van der Waals surface area contributed by atoms with Crippen LogP contribution >= 0.6 is 0 Å². The van der Waals surface area contributed by atoms with Crippen LogP contribution in [0.1, 0.15) is 11.1 Å². The van der Waals surface area contributed by atoms with Gasteiger partial charge in [-0.15, -0.1) is 0 Å². The van der Waals surface area contributed by atoms with Crippen molar-refractivity contribution in [2.75, 3.05) is 0 Å². The van der Waals surface area contributed by atoms with E-state index < -0.39 is 5.97 Å². The summed E-state index contributed by atoms with van der Waals surface area (Å²) in [6.45, 7) is 0. The van der Waals surface area contributed by atoms with Gasteiger partial charge in [-0.05, 0) is 35.4 Å². The van der Waals surface area contributed by atoms with E-state index in [9.17, 15) is 4.79 Å². The van der Waals surface area contributed by atoms with Crippen LogP contribution in [0.25, 0.3) is 23.1 Å². The minimum atomic E-state index is -0.916. The van der Waals surface area contributed by atoms with Gasteiger partial charge in [-0.25, -0.2) is 4.79 Å². The molecule has 0 spiro atoms. The molecule has 0 atom stereocenters. The normalized spacial score (nSPS) is 13.9. The van der Waals surface area contributed by atoms with Crippen molar-refractivity contribution in [2.24, 2.45) is 0 Å². The van der Waals surface area contributed by atoms with Gasteiger partial charge in [-0.2, -0.15) is 0 Å². The van der Waals surface area contributed by atoms with Crippen molar-refractivity contribution in [3.63, 3.8) is 0 Å². The van der Waals surface area contributed by atoms with Crippen molar-refractivity contribution < 1.29 is 9.90 Å². The van der Waals surface area contributed by atoms with Crippen LogP contribution in [0.2, 0.25) is 0 Å². The van der Waals surface area contributed by atoms with E-state index in [2.05, 4.69) is 4.98 Å². The molecule has 1 aliphatic rings. The molecule has 0 amide bonds. The number of H-pyrrole nitrogens is 1. The van der Waals surface area contributed by atoms with Crippen molar-refractivity contribution in [3.05, 3.63) is 59.3 Å². The molecule has 1 aliphatic carbocycles. The minimum absolute atomic E-state index is 0.282. The Morgan fingerprint density at radius 3 is 2.83 bits per heavy atom. The predicted octanol–water partition coefficient (Wildman–Crippen LogP) is 3.22. The number of carboxylic acid groups (broad SMARTS) is 1. The molecular weight excluding hydrogens is 226 g/mol. The molecule has 3 rings (SSSR count). The molecule has 88 valence electrons. The maximum atomic E-state index is 11.0. The number of aliphatic carboxylic acids is 1. The van der Waals surface area contributed by atoms with Crippen molar-refractivity contribution >= 4 is 29.0 Å². The zero-order valence-corrected chi connectivity index (χ0v) is 9.55. The number of carbonyl (C=O) groups is 1. The summed E-state index contributed by atoms with van der Waals surface area (Å²) in [6, 6.07) is 6.04. The number of hydrogen-bond acceptors (Lipinski definition) is 1. The van der Waals surface area contributed by atoms with Gasteiger partial charge < -0.3 is 10.1 Å². The predicted molar refractivity (Wildman–Crippen MR) is 72.1 cm³/mol. The van der Waals surface area contributed by atoms with Gasteiger partial charge in [0.05, 0.1) is 5.57 Å². The Balaban J connectivity index is 2.23. The highest BCUT2D eigenvalue weighted by atomic mass is 16.4. The van der Waals surface area contributed by atoms with Crippen LogP contribution in [0.15, 0.2) is 48.2 Å². The standard InChI is InChI=1S/C15H11NO2/c17-15(18)11-3-1-2-10-5-7-14-13(8-9-16-14)12(10)6-4-11/h1-9,16H,(H,17,18). The number of aromatic nitrogens is 1. The summed E-state index contributed by atoms with van der Waals surface area (Å²) in [5, 5.41) is 10.1. The lowest BCUT2D eigenvalue weighted by Crippen LogP contribution is -1.97. The number of allylic oxidation sites excluding steroid dienone is 2. The molecule has 3 nitrogen and oxygen atoms in total. The summed E-state index contributed by atoms with van der Waals surface area (Å²) < 4.78 is 0. The highest BCUT2D eigenvalue weighted by Crippen LogP contribution is 2.25. The van der Waals surface area contributed by atoms with E-state index in [-0.39, 0.29) is 5.57 Å². The van der Waals surface area contributed by atoms with Crippen LogP contribution in [0, 0.1) is 0 Å². The third-order valence-electron chi connectivity index (χ3n) is 3.04. The Kier molecular flexibility index (Phi) is 2.38. The largest absolute Gasteiger partial charge is 0.478 e. The quantitative estimate of drug-likeness (QED) is 0.800. The van der Waals surface area contributed by atoms with E-state index in [0.29, 0.717) is 0 Å². The topological polar surface area (TPSA) is 53.1 Å². The molecule has 0 fully saturated rings. The van der Waals surface area contributed by atoms with Gasteiger partial charge in [0.15, 0.2) is 0 Å². The average Bonchev–Trinajstić information content (AvgIpc) is 2.77. The van der Waals surface area contributed by atoms with Crippen molar-refractivity contribution in [2.45, 2.75) is 0 Å². The maximum absolute atomic E-state index is 11.0. The van der Waals surface area contributed by atoms with Crippen LogP contribution < -0.4 is 0 Å². The van der Waals surface area contributed by atoms with Crippen molar-refractivity contribution in [1.82, 2.24) is 4.98 Å². The molecule has 2 aromatic rings. The number of rotatable bonds is 1.